The molecule has 0 radical (unpaired) electrons. The first-order valence-corrected chi connectivity index (χ1v) is 14.6. The smallest absolute Gasteiger partial charge is 0.319 e. The highest BCUT2D eigenvalue weighted by Gasteiger charge is 2.49. The van der Waals surface area contributed by atoms with E-state index in [0.717, 1.165) is 25.8 Å². The molecule has 0 unspecified atom stereocenters. The summed E-state index contributed by atoms with van der Waals surface area (Å²) in [5.74, 6) is -0.687. The van der Waals surface area contributed by atoms with E-state index >= 15 is 4.39 Å². The lowest BCUT2D eigenvalue weighted by Crippen LogP contribution is -2.43. The monoisotopic (exact) mass is 575 g/mol. The van der Waals surface area contributed by atoms with Gasteiger partial charge in [0.15, 0.2) is 5.82 Å². The minimum Gasteiger partial charge on any atom is -0.508 e. The van der Waals surface area contributed by atoms with E-state index in [2.05, 4.69) is 20.9 Å². The zero-order valence-electron chi connectivity index (χ0n) is 23.4. The molecule has 2 saturated heterocycles. The number of hydrogen-bond donors (Lipinski definition) is 1. The number of pyridine rings is 1. The summed E-state index contributed by atoms with van der Waals surface area (Å²) in [5, 5.41) is 12.0. The van der Waals surface area contributed by atoms with E-state index in [-0.39, 0.29) is 35.1 Å². The van der Waals surface area contributed by atoms with Gasteiger partial charge >= 0.3 is 6.01 Å². The molecule has 0 amide bonds. The highest BCUT2D eigenvalue weighted by atomic mass is 19.1. The quantitative estimate of drug-likeness (QED) is 0.278. The van der Waals surface area contributed by atoms with Gasteiger partial charge in [-0.25, -0.2) is 13.2 Å². The molecular formula is C32H32F3N5O2. The molecule has 42 heavy (non-hydrogen) atoms. The number of aryl methyl sites for hydroxylation is 1. The summed E-state index contributed by atoms with van der Waals surface area (Å²) in [7, 11) is 0. The van der Waals surface area contributed by atoms with Gasteiger partial charge in [0.2, 0.25) is 0 Å². The number of fused-ring (bicyclic) bond motifs is 3. The van der Waals surface area contributed by atoms with Gasteiger partial charge in [0.05, 0.1) is 10.9 Å². The van der Waals surface area contributed by atoms with Gasteiger partial charge in [0.25, 0.3) is 0 Å². The Bertz CT molecular complexity index is 1730. The van der Waals surface area contributed by atoms with Crippen LogP contribution in [0, 0.1) is 11.6 Å². The summed E-state index contributed by atoms with van der Waals surface area (Å²) in [6.07, 6.45) is 8.15. The number of alkyl halides is 1. The first kappa shape index (κ1) is 26.9. The van der Waals surface area contributed by atoms with E-state index in [0.29, 0.717) is 60.0 Å². The number of benzene rings is 2. The van der Waals surface area contributed by atoms with Gasteiger partial charge in [-0.1, -0.05) is 25.1 Å². The molecule has 2 aromatic heterocycles. The second-order valence-electron chi connectivity index (χ2n) is 11.6. The van der Waals surface area contributed by atoms with E-state index in [1.165, 1.54) is 24.4 Å². The zero-order chi connectivity index (χ0) is 29.0. The molecule has 10 heteroatoms. The highest BCUT2D eigenvalue weighted by molar-refractivity contribution is 6.01. The summed E-state index contributed by atoms with van der Waals surface area (Å²) < 4.78 is 52.0. The number of phenols is 1. The predicted molar refractivity (Wildman–Crippen MR) is 156 cm³/mol. The van der Waals surface area contributed by atoms with Crippen molar-refractivity contribution in [3.05, 3.63) is 59.8 Å². The molecule has 5 heterocycles. The Morgan fingerprint density at radius 1 is 1.14 bits per heavy atom. The van der Waals surface area contributed by atoms with E-state index in [4.69, 9.17) is 9.72 Å². The van der Waals surface area contributed by atoms with Gasteiger partial charge in [0, 0.05) is 37.8 Å². The van der Waals surface area contributed by atoms with Crippen molar-refractivity contribution in [3.63, 3.8) is 0 Å². The zero-order valence-corrected chi connectivity index (χ0v) is 23.4. The number of aromatic nitrogens is 3. The highest BCUT2D eigenvalue weighted by Crippen LogP contribution is 2.42. The second kappa shape index (κ2) is 10.4. The molecule has 7 nitrogen and oxygen atoms in total. The van der Waals surface area contributed by atoms with Gasteiger partial charge in [-0.05, 0) is 66.8 Å². The Balaban J connectivity index is 1.38. The largest absolute Gasteiger partial charge is 0.508 e. The number of aromatic hydroxyl groups is 1. The molecule has 3 aliphatic rings. The molecule has 3 aliphatic heterocycles. The SMILES string of the molecule is CCc1c(F)ccc2cc(O)cc(-c3ncc4c(N5CC=CCC5)nc(OC[C@@]56CCCN5C[C@H](F)C6)nc4c3F)c12. The molecule has 0 aliphatic carbocycles. The molecule has 0 spiro atoms. The molecule has 1 N–H and O–H groups in total. The van der Waals surface area contributed by atoms with Crippen LogP contribution in [0.1, 0.15) is 38.2 Å². The lowest BCUT2D eigenvalue weighted by molar-refractivity contribution is 0.107. The third-order valence-electron chi connectivity index (χ3n) is 8.99. The average Bonchev–Trinajstić information content (AvgIpc) is 3.52. The van der Waals surface area contributed by atoms with Crippen LogP contribution in [0.3, 0.4) is 0 Å². The first-order valence-electron chi connectivity index (χ1n) is 14.6. The maximum absolute atomic E-state index is 16.6. The molecule has 7 rings (SSSR count). The summed E-state index contributed by atoms with van der Waals surface area (Å²) >= 11 is 0. The van der Waals surface area contributed by atoms with E-state index < -0.39 is 23.3 Å². The van der Waals surface area contributed by atoms with Gasteiger partial charge in [0.1, 0.15) is 41.4 Å². The topological polar surface area (TPSA) is 74.6 Å². The predicted octanol–water partition coefficient (Wildman–Crippen LogP) is 6.11. The van der Waals surface area contributed by atoms with Crippen LogP contribution >= 0.6 is 0 Å². The lowest BCUT2D eigenvalue weighted by atomic mass is 9.94. The fourth-order valence-corrected chi connectivity index (χ4v) is 7.03. The minimum absolute atomic E-state index is 0.0210. The third kappa shape index (κ3) is 4.43. The van der Waals surface area contributed by atoms with Crippen LogP contribution in [0.15, 0.2) is 42.6 Å². The minimum atomic E-state index is -0.900. The molecule has 218 valence electrons. The molecular weight excluding hydrogens is 543 g/mol. The molecule has 4 aromatic rings. The van der Waals surface area contributed by atoms with Crippen molar-refractivity contribution in [3.8, 4) is 23.0 Å². The van der Waals surface area contributed by atoms with E-state index in [1.807, 2.05) is 17.9 Å². The van der Waals surface area contributed by atoms with Crippen LogP contribution in [-0.4, -0.2) is 69.5 Å². The van der Waals surface area contributed by atoms with Crippen LogP contribution in [0.25, 0.3) is 32.9 Å². The molecule has 0 saturated carbocycles. The van der Waals surface area contributed by atoms with Gasteiger partial charge in [-0.2, -0.15) is 9.97 Å². The number of nitrogens with zero attached hydrogens (tertiary/aromatic N) is 5. The summed E-state index contributed by atoms with van der Waals surface area (Å²) in [6.45, 7) is 4.55. The number of hydrogen-bond acceptors (Lipinski definition) is 7. The van der Waals surface area contributed by atoms with Crippen molar-refractivity contribution in [2.45, 2.75) is 50.7 Å². The first-order chi connectivity index (χ1) is 20.4. The second-order valence-corrected chi connectivity index (χ2v) is 11.6. The maximum atomic E-state index is 16.6. The number of phenolic OH excluding ortho intramolecular Hbond substituents is 1. The Labute approximate surface area is 241 Å². The van der Waals surface area contributed by atoms with Crippen LogP contribution in [0.4, 0.5) is 19.0 Å². The van der Waals surface area contributed by atoms with Crippen LogP contribution < -0.4 is 9.64 Å². The molecule has 2 fully saturated rings. The van der Waals surface area contributed by atoms with Gasteiger partial charge in [-0.15, -0.1) is 0 Å². The standard InChI is InChI=1S/C32H32F3N5O2/c1-2-22-25(34)8-7-19-13-21(41)14-23(26(19)22)28-27(35)29-24(16-36-28)30(39-10-4-3-5-11-39)38-31(37-29)42-18-32-9-6-12-40(32)17-20(33)15-32/h3-4,7-8,13-14,16,20,41H,2,5-6,9-12,15,17-18H2,1H3/t20-,32+/m1/s1. The van der Waals surface area contributed by atoms with Crippen molar-refractivity contribution in [1.29, 1.82) is 0 Å². The fraction of sp³-hybridized carbons (Fsp3) is 0.406. The Morgan fingerprint density at radius 2 is 2.02 bits per heavy atom. The average molecular weight is 576 g/mol. The number of halogens is 3. The van der Waals surface area contributed by atoms with Crippen molar-refractivity contribution in [2.75, 3.05) is 37.7 Å². The van der Waals surface area contributed by atoms with Crippen LogP contribution in [-0.2, 0) is 6.42 Å². The lowest BCUT2D eigenvalue weighted by Gasteiger charge is -2.31. The Kier molecular flexibility index (Phi) is 6.68. The van der Waals surface area contributed by atoms with Crippen LogP contribution in [0.5, 0.6) is 11.8 Å². The van der Waals surface area contributed by atoms with E-state index in [1.54, 1.807) is 6.07 Å². The van der Waals surface area contributed by atoms with Gasteiger partial charge in [-0.3, -0.25) is 9.88 Å². The van der Waals surface area contributed by atoms with Crippen molar-refractivity contribution in [1.82, 2.24) is 19.9 Å². The molecule has 2 aromatic carbocycles. The Hall–Kier alpha value is -3.92. The summed E-state index contributed by atoms with van der Waals surface area (Å²) in [5.41, 5.74) is 0.268. The number of anilines is 1. The maximum Gasteiger partial charge on any atom is 0.319 e. The third-order valence-corrected chi connectivity index (χ3v) is 8.99. The van der Waals surface area contributed by atoms with Gasteiger partial charge < -0.3 is 14.7 Å². The van der Waals surface area contributed by atoms with Crippen molar-refractivity contribution < 1.29 is 23.0 Å². The Morgan fingerprint density at radius 3 is 2.83 bits per heavy atom. The summed E-state index contributed by atoms with van der Waals surface area (Å²) in [4.78, 5) is 17.9. The van der Waals surface area contributed by atoms with Crippen LogP contribution in [0.2, 0.25) is 0 Å². The van der Waals surface area contributed by atoms with E-state index in [9.17, 15) is 13.9 Å². The normalized spacial score (nSPS) is 22.4. The van der Waals surface area contributed by atoms with Crippen molar-refractivity contribution in [2.24, 2.45) is 0 Å². The number of ether oxygens (including phenoxy) is 1. The fourth-order valence-electron chi connectivity index (χ4n) is 7.03. The molecule has 2 atom stereocenters. The number of rotatable bonds is 6. The molecule has 0 bridgehead atoms. The van der Waals surface area contributed by atoms with Crippen molar-refractivity contribution >= 4 is 27.5 Å². The summed E-state index contributed by atoms with van der Waals surface area (Å²) in [6, 6.07) is 5.88.